The van der Waals surface area contributed by atoms with Gasteiger partial charge in [-0.15, -0.1) is 16.9 Å². The number of H-pyrrole nitrogens is 1. The molecule has 4 aromatic rings. The van der Waals surface area contributed by atoms with E-state index in [-0.39, 0.29) is 39.8 Å². The predicted octanol–water partition coefficient (Wildman–Crippen LogP) is 0.646. The lowest BCUT2D eigenvalue weighted by molar-refractivity contribution is -0.139. The van der Waals surface area contributed by atoms with Gasteiger partial charge in [-0.2, -0.15) is 18.4 Å². The summed E-state index contributed by atoms with van der Waals surface area (Å²) in [5.41, 5.74) is 7.78. The molecule has 2 bridgehead atoms. The minimum atomic E-state index is -4.57. The molecule has 26 heteroatoms. The Morgan fingerprint density at radius 3 is 2.76 bits per heavy atom. The molecular weight excluding hydrogens is 705 g/mol. The second-order valence-corrected chi connectivity index (χ2v) is 16.5. The van der Waals surface area contributed by atoms with E-state index in [1.54, 1.807) is 0 Å². The third-order valence-electron chi connectivity index (χ3n) is 7.41. The Kier molecular flexibility index (Phi) is 7.51. The molecule has 0 saturated carbocycles. The van der Waals surface area contributed by atoms with E-state index in [0.717, 1.165) is 35.6 Å². The van der Waals surface area contributed by atoms with Crippen LogP contribution in [0.4, 0.5) is 24.9 Å². The number of fused-ring (bicyclic) bond motifs is 5. The second-order valence-electron chi connectivity index (χ2n) is 10.4. The largest absolute Gasteiger partial charge is 0.382 e. The van der Waals surface area contributed by atoms with Crippen molar-refractivity contribution >= 4 is 72.0 Å². The Morgan fingerprint density at radius 2 is 1.98 bits per heavy atom. The van der Waals surface area contributed by atoms with E-state index in [0.29, 0.717) is 4.68 Å². The fraction of sp³-hybridized carbons (Fsp3) is 0.550. The van der Waals surface area contributed by atoms with Crippen molar-refractivity contribution in [1.82, 2.24) is 44.5 Å². The number of nitrogen functional groups attached to an aromatic ring is 2. The summed E-state index contributed by atoms with van der Waals surface area (Å²) in [4.78, 5) is 41.6. The van der Waals surface area contributed by atoms with Crippen LogP contribution in [0.1, 0.15) is 6.23 Å². The number of imidazole rings is 1. The number of rotatable bonds is 2. The molecule has 3 saturated heterocycles. The van der Waals surface area contributed by atoms with E-state index in [1.807, 2.05) is 0 Å². The van der Waals surface area contributed by atoms with Crippen molar-refractivity contribution in [3.8, 4) is 0 Å². The summed E-state index contributed by atoms with van der Waals surface area (Å²) < 4.78 is 91.4. The molecule has 0 aliphatic carbocycles. The molecule has 3 fully saturated rings. The molecule has 7 rings (SSSR count). The monoisotopic (exact) mass is 727 g/mol. The third-order valence-corrected chi connectivity index (χ3v) is 11.6. The molecule has 6 N–H and O–H groups in total. The summed E-state index contributed by atoms with van der Waals surface area (Å²) in [5, 5.41) is 6.26. The van der Waals surface area contributed by atoms with Gasteiger partial charge in [-0.05, 0) is 11.8 Å². The summed E-state index contributed by atoms with van der Waals surface area (Å²) in [6.07, 6.45) is -6.42. The van der Waals surface area contributed by atoms with Gasteiger partial charge in [-0.25, -0.2) is 19.3 Å². The average Bonchev–Trinajstić information content (AvgIpc) is 3.72. The van der Waals surface area contributed by atoms with Gasteiger partial charge in [-0.3, -0.25) is 28.0 Å². The number of hydrogen-bond donors (Lipinski definition) is 4. The molecule has 8 atom stereocenters. The Hall–Kier alpha value is -2.79. The summed E-state index contributed by atoms with van der Waals surface area (Å²) in [6, 6.07) is 0. The molecule has 7 heterocycles. The number of nitrogens with one attached hydrogen (secondary N) is 1. The van der Waals surface area contributed by atoms with Gasteiger partial charge in [0.25, 0.3) is 5.56 Å². The molecule has 0 aromatic carbocycles. The molecule has 0 radical (unpaired) electrons. The van der Waals surface area contributed by atoms with Crippen molar-refractivity contribution in [2.45, 2.75) is 41.5 Å². The van der Waals surface area contributed by atoms with Gasteiger partial charge in [-0.1, -0.05) is 5.21 Å². The van der Waals surface area contributed by atoms with Gasteiger partial charge in [0, 0.05) is 12.4 Å². The molecule has 19 nitrogen and oxygen atoms in total. The number of aromatic nitrogens is 9. The summed E-state index contributed by atoms with van der Waals surface area (Å²) >= 11 is 6.13. The molecule has 4 aromatic heterocycles. The number of nitrogens with two attached hydrogens (primary N) is 2. The minimum Gasteiger partial charge on any atom is -0.382 e. The van der Waals surface area contributed by atoms with Gasteiger partial charge in [0.2, 0.25) is 12.2 Å². The fourth-order valence-corrected chi connectivity index (χ4v) is 9.66. The highest BCUT2D eigenvalue weighted by Crippen LogP contribution is 2.59. The van der Waals surface area contributed by atoms with Crippen LogP contribution in [0.5, 0.6) is 0 Å². The van der Waals surface area contributed by atoms with Gasteiger partial charge >= 0.3 is 20.2 Å². The predicted molar refractivity (Wildman–Crippen MR) is 156 cm³/mol. The third kappa shape index (κ3) is 5.11. The maximum absolute atomic E-state index is 16.5. The molecule has 3 aliphatic rings. The number of alkyl halides is 3. The fourth-order valence-electron chi connectivity index (χ4n) is 5.32. The topological polar surface area (TPSA) is 256 Å². The lowest BCUT2D eigenvalue weighted by Gasteiger charge is -2.35. The van der Waals surface area contributed by atoms with Crippen molar-refractivity contribution in [1.29, 1.82) is 0 Å². The molecule has 0 amide bonds. The van der Waals surface area contributed by atoms with Crippen LogP contribution < -0.4 is 17.0 Å². The molecule has 46 heavy (non-hydrogen) atoms. The first-order chi connectivity index (χ1) is 21.6. The van der Waals surface area contributed by atoms with Gasteiger partial charge in [0.05, 0.1) is 24.8 Å². The number of halogens is 3. The highest BCUT2D eigenvalue weighted by molar-refractivity contribution is 8.07. The van der Waals surface area contributed by atoms with Gasteiger partial charge in [0.15, 0.2) is 46.1 Å². The van der Waals surface area contributed by atoms with Crippen molar-refractivity contribution in [3.05, 3.63) is 23.0 Å². The first-order valence-electron chi connectivity index (χ1n) is 13.0. The van der Waals surface area contributed by atoms with Crippen molar-refractivity contribution in [2.75, 3.05) is 37.1 Å². The standard InChI is InChI=1S/C20H22F3N11O8P2S2/c1-43(36)38-3-8-11(21)19(4-46-8,33-6-28-10-15(33)29-18(25)30-16(10)35)42-44(37,45)39-2-7-12(41-43)20(22,23)17(40-7)34-14-9(31-32-34)13(24)26-5-27-14/h5-8,11-12,17H,2-4H2,1H3,(H,37,45)(H2,24,26,27)(H3,25,29,30,35)/t7-,8-,11+,12-,17-,19+,43?,44?/m1/s1. The highest BCUT2D eigenvalue weighted by atomic mass is 32.5. The van der Waals surface area contributed by atoms with E-state index in [1.165, 1.54) is 0 Å². The first-order valence-corrected chi connectivity index (χ1v) is 18.7. The van der Waals surface area contributed by atoms with Crippen LogP contribution in [0.2, 0.25) is 0 Å². The average molecular weight is 728 g/mol. The van der Waals surface area contributed by atoms with Crippen LogP contribution in [0.15, 0.2) is 17.4 Å². The molecule has 0 spiro atoms. The number of hydrogen-bond acceptors (Lipinski definition) is 17. The normalized spacial score (nSPS) is 36.7. The molecule has 2 unspecified atom stereocenters. The van der Waals surface area contributed by atoms with Gasteiger partial charge < -0.3 is 30.1 Å². The quantitative estimate of drug-likeness (QED) is 0.207. The highest BCUT2D eigenvalue weighted by Gasteiger charge is 2.64. The van der Waals surface area contributed by atoms with Crippen molar-refractivity contribution in [2.24, 2.45) is 0 Å². The number of nitrogens with zero attached hydrogens (tertiary/aromatic N) is 8. The summed E-state index contributed by atoms with van der Waals surface area (Å²) in [6.45, 7) is -5.18. The zero-order valence-corrected chi connectivity index (χ0v) is 26.5. The SMILES string of the molecule is CP1(=O)OC[C@H]2SC[C@](n3cnc4c(=O)[nH]c(N)nc43)(OP(O)(=S)OC[C@H]3O[C@@H](n4nnc5c(N)ncnc54)C(F)(F)[C@@H]3O1)[C@H]2F. The summed E-state index contributed by atoms with van der Waals surface area (Å²) in [5.74, 6) is -4.73. The number of ether oxygens (including phenoxy) is 1. The lowest BCUT2D eigenvalue weighted by atomic mass is 10.1. The van der Waals surface area contributed by atoms with Crippen LogP contribution in [0.3, 0.4) is 0 Å². The lowest BCUT2D eigenvalue weighted by Crippen LogP contribution is -2.46. The zero-order chi connectivity index (χ0) is 32.8. The maximum Gasteiger partial charge on any atom is 0.328 e. The minimum absolute atomic E-state index is 0.0886. The van der Waals surface area contributed by atoms with E-state index in [4.69, 9.17) is 46.1 Å². The number of aromatic amines is 1. The van der Waals surface area contributed by atoms with E-state index in [2.05, 4.69) is 35.2 Å². The smallest absolute Gasteiger partial charge is 0.328 e. The van der Waals surface area contributed by atoms with E-state index in [9.17, 15) is 14.3 Å². The number of anilines is 2. The van der Waals surface area contributed by atoms with Gasteiger partial charge in [0.1, 0.15) is 12.4 Å². The van der Waals surface area contributed by atoms with Crippen molar-refractivity contribution < 1.29 is 45.5 Å². The van der Waals surface area contributed by atoms with Crippen LogP contribution in [-0.4, -0.2) is 105 Å². The van der Waals surface area contributed by atoms with E-state index < -0.39 is 74.6 Å². The van der Waals surface area contributed by atoms with Crippen LogP contribution >= 0.6 is 26.1 Å². The Balaban J connectivity index is 1.28. The van der Waals surface area contributed by atoms with E-state index >= 15 is 13.2 Å². The Labute approximate surface area is 263 Å². The van der Waals surface area contributed by atoms with Crippen LogP contribution in [-0.2, 0) is 44.9 Å². The maximum atomic E-state index is 16.5. The number of thioether (sulfide) groups is 1. The van der Waals surface area contributed by atoms with Crippen molar-refractivity contribution in [3.63, 3.8) is 0 Å². The first kappa shape index (κ1) is 31.8. The van der Waals surface area contributed by atoms with Crippen LogP contribution in [0, 0.1) is 0 Å². The van der Waals surface area contributed by atoms with Crippen LogP contribution in [0.25, 0.3) is 22.3 Å². The Bertz CT molecular complexity index is 2020. The zero-order valence-electron chi connectivity index (χ0n) is 23.0. The molecule has 248 valence electrons. The Morgan fingerprint density at radius 1 is 1.20 bits per heavy atom. The second kappa shape index (κ2) is 10.9. The molecule has 3 aliphatic heterocycles. The summed E-state index contributed by atoms with van der Waals surface area (Å²) in [7, 11) is -4.39. The molecular formula is C20H22F3N11O8P2S2.